The zero-order valence-electron chi connectivity index (χ0n) is 25.3. The molecule has 0 heterocycles. The Morgan fingerprint density at radius 2 is 1.63 bits per heavy atom. The second-order valence-corrected chi connectivity index (χ2v) is 14.4. The van der Waals surface area contributed by atoms with Crippen molar-refractivity contribution in [3.63, 3.8) is 0 Å². The lowest BCUT2D eigenvalue weighted by molar-refractivity contribution is -0.141. The van der Waals surface area contributed by atoms with Crippen molar-refractivity contribution < 1.29 is 18.0 Å². The van der Waals surface area contributed by atoms with Crippen LogP contribution in [0.5, 0.6) is 0 Å². The molecule has 3 aromatic rings. The molecule has 3 aromatic carbocycles. The number of anilines is 1. The topological polar surface area (TPSA) is 86.8 Å². The first-order valence-corrected chi connectivity index (χ1v) is 17.6. The Balaban J connectivity index is 1.59. The van der Waals surface area contributed by atoms with Gasteiger partial charge >= 0.3 is 0 Å². The molecule has 0 bridgehead atoms. The van der Waals surface area contributed by atoms with E-state index in [4.69, 9.17) is 0 Å². The standard InChI is InChI=1S/C34H42BrN3O4S/c1-25-18-19-31(21-26(25)2)38(43(3,41)42)20-10-17-33(39)37(24-28-13-9-14-29(35)22-28)32(23-27-11-5-4-6-12-27)34(40)36-30-15-7-8-16-30/h4-6,9,11-14,18-19,21-22,30,32H,7-8,10,15-17,20,23-24H2,1-3H3,(H,36,40)/t32-/m1/s1. The van der Waals surface area contributed by atoms with Crippen molar-refractivity contribution in [3.05, 3.63) is 99.5 Å². The zero-order chi connectivity index (χ0) is 31.0. The predicted octanol–water partition coefficient (Wildman–Crippen LogP) is 6.31. The molecule has 1 aliphatic rings. The van der Waals surface area contributed by atoms with E-state index in [-0.39, 0.29) is 37.4 Å². The largest absolute Gasteiger partial charge is 0.352 e. The SMILES string of the molecule is Cc1ccc(N(CCCC(=O)N(Cc2cccc(Br)c2)[C@H](Cc2ccccc2)C(=O)NC2CCCC2)S(C)(=O)=O)cc1C. The van der Waals surface area contributed by atoms with E-state index >= 15 is 0 Å². The summed E-state index contributed by atoms with van der Waals surface area (Å²) in [7, 11) is -3.56. The highest BCUT2D eigenvalue weighted by molar-refractivity contribution is 9.10. The van der Waals surface area contributed by atoms with Gasteiger partial charge in [-0.3, -0.25) is 13.9 Å². The van der Waals surface area contributed by atoms with Crippen LogP contribution in [-0.2, 0) is 32.6 Å². The van der Waals surface area contributed by atoms with Crippen LogP contribution in [0, 0.1) is 13.8 Å². The molecule has 9 heteroatoms. The van der Waals surface area contributed by atoms with E-state index < -0.39 is 16.1 Å². The number of carbonyl (C=O) groups excluding carboxylic acids is 2. The van der Waals surface area contributed by atoms with Crippen LogP contribution in [0.4, 0.5) is 5.69 Å². The fraction of sp³-hybridized carbons (Fsp3) is 0.412. The summed E-state index contributed by atoms with van der Waals surface area (Å²) in [5.74, 6) is -0.331. The highest BCUT2D eigenvalue weighted by Gasteiger charge is 2.32. The van der Waals surface area contributed by atoms with Crippen molar-refractivity contribution in [1.82, 2.24) is 10.2 Å². The molecule has 0 saturated heterocycles. The van der Waals surface area contributed by atoms with Gasteiger partial charge in [-0.25, -0.2) is 8.42 Å². The zero-order valence-corrected chi connectivity index (χ0v) is 27.7. The van der Waals surface area contributed by atoms with Crippen LogP contribution in [0.2, 0.25) is 0 Å². The van der Waals surface area contributed by atoms with E-state index in [1.54, 1.807) is 11.0 Å². The minimum Gasteiger partial charge on any atom is -0.352 e. The summed E-state index contributed by atoms with van der Waals surface area (Å²) < 4.78 is 27.8. The van der Waals surface area contributed by atoms with E-state index in [0.29, 0.717) is 18.5 Å². The summed E-state index contributed by atoms with van der Waals surface area (Å²) in [5.41, 5.74) is 4.54. The van der Waals surface area contributed by atoms with E-state index in [1.807, 2.05) is 80.6 Å². The third-order valence-corrected chi connectivity index (χ3v) is 9.83. The van der Waals surface area contributed by atoms with Crippen LogP contribution in [-0.4, -0.2) is 50.0 Å². The van der Waals surface area contributed by atoms with Crippen LogP contribution in [0.15, 0.2) is 77.3 Å². The molecule has 43 heavy (non-hydrogen) atoms. The Morgan fingerprint density at radius 1 is 0.930 bits per heavy atom. The van der Waals surface area contributed by atoms with Crippen LogP contribution < -0.4 is 9.62 Å². The molecule has 1 fully saturated rings. The maximum atomic E-state index is 14.0. The van der Waals surface area contributed by atoms with Gasteiger partial charge in [-0.1, -0.05) is 77.3 Å². The van der Waals surface area contributed by atoms with Crippen LogP contribution >= 0.6 is 15.9 Å². The number of nitrogens with one attached hydrogen (secondary N) is 1. The molecule has 1 atom stereocenters. The van der Waals surface area contributed by atoms with Gasteiger partial charge in [0.1, 0.15) is 6.04 Å². The molecule has 1 N–H and O–H groups in total. The van der Waals surface area contributed by atoms with E-state index in [0.717, 1.165) is 52.4 Å². The second kappa shape index (κ2) is 15.0. The molecule has 7 nitrogen and oxygen atoms in total. The summed E-state index contributed by atoms with van der Waals surface area (Å²) in [5, 5.41) is 3.23. The van der Waals surface area contributed by atoms with Crippen LogP contribution in [0.3, 0.4) is 0 Å². The number of amides is 2. The Bertz CT molecular complexity index is 1510. The minimum atomic E-state index is -3.56. The summed E-state index contributed by atoms with van der Waals surface area (Å²) in [6, 6.07) is 22.5. The van der Waals surface area contributed by atoms with Gasteiger partial charge in [-0.15, -0.1) is 0 Å². The third-order valence-electron chi connectivity index (χ3n) is 8.15. The van der Waals surface area contributed by atoms with Crippen LogP contribution in [0.1, 0.15) is 60.8 Å². The van der Waals surface area contributed by atoms with Gasteiger partial charge in [-0.2, -0.15) is 0 Å². The molecule has 2 amide bonds. The van der Waals surface area contributed by atoms with Gasteiger partial charge in [0.25, 0.3) is 0 Å². The first-order chi connectivity index (χ1) is 20.5. The number of hydrogen-bond donors (Lipinski definition) is 1. The maximum absolute atomic E-state index is 14.0. The number of benzene rings is 3. The summed E-state index contributed by atoms with van der Waals surface area (Å²) >= 11 is 3.53. The van der Waals surface area contributed by atoms with Gasteiger partial charge < -0.3 is 10.2 Å². The monoisotopic (exact) mass is 667 g/mol. The number of aryl methyl sites for hydroxylation is 2. The number of carbonyl (C=O) groups is 2. The molecule has 0 spiro atoms. The number of nitrogens with zero attached hydrogens (tertiary/aromatic N) is 2. The Kier molecular flexibility index (Phi) is 11.4. The summed E-state index contributed by atoms with van der Waals surface area (Å²) in [4.78, 5) is 29.6. The molecule has 0 unspecified atom stereocenters. The molecule has 0 aliphatic heterocycles. The van der Waals surface area contributed by atoms with Crippen molar-refractivity contribution in [2.45, 2.75) is 77.4 Å². The third kappa shape index (κ3) is 9.41. The lowest BCUT2D eigenvalue weighted by Crippen LogP contribution is -2.52. The Morgan fingerprint density at radius 3 is 2.28 bits per heavy atom. The smallest absolute Gasteiger partial charge is 0.243 e. The number of sulfonamides is 1. The van der Waals surface area contributed by atoms with Crippen molar-refractivity contribution in [3.8, 4) is 0 Å². The highest BCUT2D eigenvalue weighted by atomic mass is 79.9. The highest BCUT2D eigenvalue weighted by Crippen LogP contribution is 2.24. The van der Waals surface area contributed by atoms with Gasteiger partial charge in [-0.05, 0) is 79.6 Å². The van der Waals surface area contributed by atoms with Crippen LogP contribution in [0.25, 0.3) is 0 Å². The number of rotatable bonds is 13. The van der Waals surface area contributed by atoms with E-state index in [2.05, 4.69) is 21.2 Å². The second-order valence-electron chi connectivity index (χ2n) is 11.6. The van der Waals surface area contributed by atoms with Gasteiger partial charge in [0.2, 0.25) is 21.8 Å². The molecular weight excluding hydrogens is 626 g/mol. The average molecular weight is 669 g/mol. The normalized spacial score (nSPS) is 14.3. The van der Waals surface area contributed by atoms with Crippen molar-refractivity contribution in [2.24, 2.45) is 0 Å². The molecule has 4 rings (SSSR count). The maximum Gasteiger partial charge on any atom is 0.243 e. The summed E-state index contributed by atoms with van der Waals surface area (Å²) in [6.45, 7) is 4.36. The fourth-order valence-corrected chi connectivity index (χ4v) is 7.04. The first-order valence-electron chi connectivity index (χ1n) is 14.9. The average Bonchev–Trinajstić information content (AvgIpc) is 3.47. The van der Waals surface area contributed by atoms with Gasteiger partial charge in [0, 0.05) is 36.4 Å². The summed E-state index contributed by atoms with van der Waals surface area (Å²) in [6.07, 6.45) is 6.07. The Hall–Kier alpha value is -3.17. The lowest BCUT2D eigenvalue weighted by Gasteiger charge is -2.33. The number of halogens is 1. The molecule has 0 radical (unpaired) electrons. The molecule has 1 saturated carbocycles. The Labute approximate surface area is 264 Å². The lowest BCUT2D eigenvalue weighted by atomic mass is 10.0. The van der Waals surface area contributed by atoms with E-state index in [9.17, 15) is 18.0 Å². The van der Waals surface area contributed by atoms with Crippen molar-refractivity contribution >= 4 is 43.5 Å². The molecular formula is C34H42BrN3O4S. The molecule has 230 valence electrons. The number of hydrogen-bond acceptors (Lipinski definition) is 4. The predicted molar refractivity (Wildman–Crippen MR) is 176 cm³/mol. The van der Waals surface area contributed by atoms with Crippen molar-refractivity contribution in [1.29, 1.82) is 0 Å². The minimum absolute atomic E-state index is 0.104. The fourth-order valence-electron chi connectivity index (χ4n) is 5.64. The quantitative estimate of drug-likeness (QED) is 0.231. The van der Waals surface area contributed by atoms with E-state index in [1.165, 1.54) is 10.6 Å². The molecule has 0 aromatic heterocycles. The molecule has 1 aliphatic carbocycles. The first kappa shape index (κ1) is 32.7. The van der Waals surface area contributed by atoms with Gasteiger partial charge in [0.05, 0.1) is 11.9 Å². The van der Waals surface area contributed by atoms with Crippen molar-refractivity contribution in [2.75, 3.05) is 17.1 Å². The van der Waals surface area contributed by atoms with Gasteiger partial charge in [0.15, 0.2) is 0 Å².